The van der Waals surface area contributed by atoms with Gasteiger partial charge < -0.3 is 0 Å². The van der Waals surface area contributed by atoms with Crippen molar-refractivity contribution in [2.75, 3.05) is 0 Å². The Bertz CT molecular complexity index is 21.0. The Labute approximate surface area is 57.5 Å². The van der Waals surface area contributed by atoms with Crippen molar-refractivity contribution in [2.45, 2.75) is 0 Å². The third kappa shape index (κ3) is 58.0. The first-order valence-electron chi connectivity index (χ1n) is 0.617. The van der Waals surface area contributed by atoms with Crippen molar-refractivity contribution in [3.05, 3.63) is 0 Å². The molecule has 0 aliphatic heterocycles. The summed E-state index contributed by atoms with van der Waals surface area (Å²) < 4.78 is 34.5. The molecule has 6 heteroatoms. The second kappa shape index (κ2) is 3.32. The molecule has 0 amide bonds. The Hall–Kier alpha value is 1.30. The molecule has 0 bridgehead atoms. The van der Waals surface area contributed by atoms with E-state index in [9.17, 15) is 0 Å². The van der Waals surface area contributed by atoms with Crippen molar-refractivity contribution in [3.63, 3.8) is 0 Å². The van der Waals surface area contributed by atoms with E-state index in [-0.39, 0.29) is 24.0 Å². The van der Waals surface area contributed by atoms with Crippen molar-refractivity contribution in [2.24, 2.45) is 0 Å². The van der Waals surface area contributed by atoms with E-state index in [4.69, 9.17) is 13.7 Å². The van der Waals surface area contributed by atoms with Gasteiger partial charge in [-0.1, -0.05) is 0 Å². The van der Waals surface area contributed by atoms with Gasteiger partial charge in [0.25, 0.3) is 0 Å². The standard InChI is InChI=1S/IO4.H2I/c2-1(3,4)5;/h;1H2/q-1;+1. The summed E-state index contributed by atoms with van der Waals surface area (Å²) in [4.78, 5) is 0. The fraction of sp³-hybridized carbons (Fsp3) is 0. The lowest BCUT2D eigenvalue weighted by atomic mass is 16.0. The summed E-state index contributed by atoms with van der Waals surface area (Å²) in [5.74, 6) is 0. The van der Waals surface area contributed by atoms with Crippen LogP contribution < -0.4 is 57.8 Å². The molecule has 0 aliphatic rings. The van der Waals surface area contributed by atoms with Gasteiger partial charge in [0.2, 0.25) is 24.0 Å². The maximum Gasteiger partial charge on any atom is 0.235 e. The van der Waals surface area contributed by atoms with Crippen LogP contribution in [0.5, 0.6) is 0 Å². The zero-order chi connectivity index (χ0) is 4.50. The van der Waals surface area contributed by atoms with Crippen LogP contribution in [-0.4, -0.2) is 0 Å². The molecule has 0 fully saturated rings. The molecular weight excluding hydrogens is 318 g/mol. The van der Waals surface area contributed by atoms with Gasteiger partial charge in [0.05, 0.1) is 0 Å². The fourth-order valence-corrected chi connectivity index (χ4v) is 0. The molecular formula is H2I2O4. The van der Waals surface area contributed by atoms with E-state index in [1.807, 2.05) is 0 Å². The molecule has 0 radical (unpaired) electrons. The summed E-state index contributed by atoms with van der Waals surface area (Å²) in [6, 6.07) is 0. The van der Waals surface area contributed by atoms with E-state index < -0.39 is 20.1 Å². The highest BCUT2D eigenvalue weighted by atomic mass is 127. The highest BCUT2D eigenvalue weighted by Crippen LogP contribution is 0.104. The van der Waals surface area contributed by atoms with Gasteiger partial charge in [-0.2, -0.15) is 0 Å². The minimum atomic E-state index is -5.94. The van der Waals surface area contributed by atoms with Gasteiger partial charge in [0.15, 0.2) is 0 Å². The minimum absolute atomic E-state index is 0. The van der Waals surface area contributed by atoms with Crippen molar-refractivity contribution >= 4 is 0 Å². The van der Waals surface area contributed by atoms with Gasteiger partial charge in [-0.15, -0.1) is 0 Å². The van der Waals surface area contributed by atoms with E-state index >= 15 is 0 Å². The zero-order valence-corrected chi connectivity index (χ0v) is 7.17. The Morgan fingerprint density at radius 1 is 0.833 bits per heavy atom. The second-order valence-electron chi connectivity index (χ2n) is 0.378. The van der Waals surface area contributed by atoms with E-state index in [0.29, 0.717) is 0 Å². The maximum atomic E-state index is 8.62. The average molecular weight is 320 g/mol. The van der Waals surface area contributed by atoms with Crippen molar-refractivity contribution in [1.82, 2.24) is 0 Å². The lowest BCUT2D eigenvalue weighted by Crippen LogP contribution is -4.29. The largest absolute Gasteiger partial charge is 0.286 e. The van der Waals surface area contributed by atoms with Crippen LogP contribution in [0.4, 0.5) is 0 Å². The third-order valence-corrected chi connectivity index (χ3v) is 0. The van der Waals surface area contributed by atoms with E-state index in [2.05, 4.69) is 0 Å². The quantitative estimate of drug-likeness (QED) is 0.415. The SMILES string of the molecule is [IH2+].[O-][I+3]([O-])([O-])[O-]. The molecule has 4 nitrogen and oxygen atoms in total. The van der Waals surface area contributed by atoms with Gasteiger partial charge in [-0.3, -0.25) is 13.7 Å². The summed E-state index contributed by atoms with van der Waals surface area (Å²) in [6.07, 6.45) is 0. The van der Waals surface area contributed by atoms with E-state index in [1.165, 1.54) is 0 Å². The maximum absolute atomic E-state index is 8.62. The molecule has 0 aromatic rings. The van der Waals surface area contributed by atoms with Crippen LogP contribution in [0, 0.1) is 0 Å². The summed E-state index contributed by atoms with van der Waals surface area (Å²) >= 11 is -5.94. The molecule has 0 heterocycles. The van der Waals surface area contributed by atoms with Crippen LogP contribution in [0.1, 0.15) is 0 Å². The molecule has 0 atom stereocenters. The van der Waals surface area contributed by atoms with Gasteiger partial charge in [-0.25, -0.2) is 0 Å². The average Bonchev–Trinajstić information content (AvgIpc) is 0.722. The molecule has 6 heavy (non-hydrogen) atoms. The molecule has 0 rings (SSSR count). The first-order chi connectivity index (χ1) is 2.00. The number of hydrogen-bond donors (Lipinski definition) is 0. The Morgan fingerprint density at radius 2 is 0.833 bits per heavy atom. The Kier molecular flexibility index (Phi) is 5.71. The Morgan fingerprint density at radius 3 is 0.833 bits per heavy atom. The van der Waals surface area contributed by atoms with Crippen LogP contribution in [0.15, 0.2) is 0 Å². The predicted molar refractivity (Wildman–Crippen MR) is 2.79 cm³/mol. The van der Waals surface area contributed by atoms with Crippen molar-refractivity contribution in [3.8, 4) is 0 Å². The Balaban J connectivity index is 0. The van der Waals surface area contributed by atoms with Gasteiger partial charge in [0.1, 0.15) is 20.1 Å². The minimum Gasteiger partial charge on any atom is -0.286 e. The molecule has 0 saturated carbocycles. The van der Waals surface area contributed by atoms with Crippen molar-refractivity contribution in [1.29, 1.82) is 0 Å². The molecule has 40 valence electrons. The molecule has 0 saturated heterocycles. The fourth-order valence-electron chi connectivity index (χ4n) is 0. The number of rotatable bonds is 0. The first kappa shape index (κ1) is 10.3. The van der Waals surface area contributed by atoms with E-state index in [0.717, 1.165) is 0 Å². The zero-order valence-electron chi connectivity index (χ0n) is 2.46. The topological polar surface area (TPSA) is 92.2 Å². The number of halogens is 2. The van der Waals surface area contributed by atoms with Crippen molar-refractivity contribution < 1.29 is 57.8 Å². The molecule has 0 unspecified atom stereocenters. The summed E-state index contributed by atoms with van der Waals surface area (Å²) in [5.41, 5.74) is 0. The monoisotopic (exact) mass is 320 g/mol. The van der Waals surface area contributed by atoms with Gasteiger partial charge in [-0.05, 0) is 0 Å². The molecule has 0 aromatic heterocycles. The summed E-state index contributed by atoms with van der Waals surface area (Å²) in [5, 5.41) is 0. The molecule has 0 aromatic carbocycles. The third-order valence-electron chi connectivity index (χ3n) is 0. The highest BCUT2D eigenvalue weighted by molar-refractivity contribution is 2.00. The molecule has 0 N–H and O–H groups in total. The lowest BCUT2D eigenvalue weighted by molar-refractivity contribution is -2.00. The lowest BCUT2D eigenvalue weighted by Gasteiger charge is -2.08. The smallest absolute Gasteiger partial charge is 0.235 e. The van der Waals surface area contributed by atoms with Crippen LogP contribution in [0.3, 0.4) is 0 Å². The second-order valence-corrected chi connectivity index (χ2v) is 2.54. The summed E-state index contributed by atoms with van der Waals surface area (Å²) in [7, 11) is 0. The predicted octanol–water partition coefficient (Wildman–Crippen LogP) is -11.3. The first-order valence-corrected chi connectivity index (χ1v) is 4.14. The van der Waals surface area contributed by atoms with Crippen LogP contribution in [0.25, 0.3) is 0 Å². The van der Waals surface area contributed by atoms with Gasteiger partial charge >= 0.3 is 0 Å². The molecule has 0 spiro atoms. The van der Waals surface area contributed by atoms with E-state index in [1.54, 1.807) is 0 Å². The van der Waals surface area contributed by atoms with Crippen LogP contribution in [0.2, 0.25) is 0 Å². The summed E-state index contributed by atoms with van der Waals surface area (Å²) in [6.45, 7) is 0. The molecule has 0 aliphatic carbocycles. The van der Waals surface area contributed by atoms with Gasteiger partial charge in [0, 0.05) is 0 Å². The van der Waals surface area contributed by atoms with Crippen LogP contribution in [-0.2, 0) is 0 Å². The highest BCUT2D eigenvalue weighted by Gasteiger charge is 1.94. The van der Waals surface area contributed by atoms with Crippen LogP contribution >= 0.6 is 0 Å². The number of hydrogen-bond acceptors (Lipinski definition) is 4. The normalized spacial score (nSPS) is 10.0.